The van der Waals surface area contributed by atoms with Gasteiger partial charge in [-0.05, 0) is 68.8 Å². The number of carbonyl (C=O) groups is 2. The number of hydrogen-bond acceptors (Lipinski definition) is 6. The van der Waals surface area contributed by atoms with E-state index in [4.69, 9.17) is 25.8 Å². The zero-order chi connectivity index (χ0) is 24.5. The van der Waals surface area contributed by atoms with Crippen molar-refractivity contribution in [2.75, 3.05) is 25.7 Å². The Morgan fingerprint density at radius 2 is 1.41 bits per heavy atom. The molecule has 2 aromatic carbocycles. The summed E-state index contributed by atoms with van der Waals surface area (Å²) in [6, 6.07) is 13.9. The van der Waals surface area contributed by atoms with Crippen LogP contribution in [0.25, 0.3) is 21.8 Å². The highest BCUT2D eigenvalue weighted by molar-refractivity contribution is 6.17. The first-order valence-corrected chi connectivity index (χ1v) is 11.5. The van der Waals surface area contributed by atoms with Gasteiger partial charge in [0.15, 0.2) is 0 Å². The molecule has 0 atom stereocenters. The van der Waals surface area contributed by atoms with Crippen LogP contribution < -0.4 is 4.74 Å². The van der Waals surface area contributed by atoms with Crippen molar-refractivity contribution in [3.05, 3.63) is 59.9 Å². The maximum Gasteiger partial charge on any atom is 0.354 e. The Kier molecular flexibility index (Phi) is 8.81. The first kappa shape index (κ1) is 25.0. The minimum absolute atomic E-state index is 0.178. The number of alkyl halides is 1. The van der Waals surface area contributed by atoms with Crippen molar-refractivity contribution in [2.45, 2.75) is 20.3 Å². The number of ether oxygens (including phenoxy) is 3. The van der Waals surface area contributed by atoms with Gasteiger partial charge < -0.3 is 29.3 Å². The standard InChI is InChI=1S/C14H16ClNO3.C11H11NO3/c1-2-18-14(17)13-9-10-8-11(19-7-3-6-15)4-5-12(10)16-13;1-2-15-11(14)10-6-7-5-8(13)3-4-9(7)12-10/h4-5,8-9,16H,2-3,6-7H2,1H3;3-6,12-13H,2H2,1H3. The van der Waals surface area contributed by atoms with Crippen LogP contribution in [-0.4, -0.2) is 52.7 Å². The number of H-pyrrole nitrogens is 2. The second kappa shape index (κ2) is 12.0. The number of aromatic hydroxyl groups is 1. The van der Waals surface area contributed by atoms with E-state index in [9.17, 15) is 14.7 Å². The molecule has 0 saturated heterocycles. The van der Waals surface area contributed by atoms with Gasteiger partial charge in [-0.25, -0.2) is 9.59 Å². The predicted molar refractivity (Wildman–Crippen MR) is 131 cm³/mol. The summed E-state index contributed by atoms with van der Waals surface area (Å²) in [7, 11) is 0. The quantitative estimate of drug-likeness (QED) is 0.174. The molecule has 0 bridgehead atoms. The van der Waals surface area contributed by atoms with Gasteiger partial charge in [-0.1, -0.05) is 0 Å². The molecular weight excluding hydrogens is 460 g/mol. The maximum atomic E-state index is 11.6. The predicted octanol–water partition coefficient (Wildman–Crippen LogP) is 5.40. The van der Waals surface area contributed by atoms with Crippen molar-refractivity contribution < 1.29 is 28.9 Å². The van der Waals surface area contributed by atoms with Crippen molar-refractivity contribution in [1.82, 2.24) is 9.97 Å². The largest absolute Gasteiger partial charge is 0.508 e. The Balaban J connectivity index is 0.000000196. The van der Waals surface area contributed by atoms with Gasteiger partial charge in [-0.3, -0.25) is 0 Å². The molecule has 3 N–H and O–H groups in total. The van der Waals surface area contributed by atoms with Gasteiger partial charge in [0.2, 0.25) is 0 Å². The molecule has 2 heterocycles. The number of aromatic amines is 2. The SMILES string of the molecule is CCOC(=O)c1cc2cc(O)ccc2[nH]1.CCOC(=O)c1cc2cc(OCCCCl)ccc2[nH]1. The molecular formula is C25H27ClN2O6. The lowest BCUT2D eigenvalue weighted by atomic mass is 10.2. The van der Waals surface area contributed by atoms with Gasteiger partial charge in [0.1, 0.15) is 22.9 Å². The Morgan fingerprint density at radius 1 is 0.853 bits per heavy atom. The number of rotatable bonds is 8. The lowest BCUT2D eigenvalue weighted by molar-refractivity contribution is 0.0511. The normalized spacial score (nSPS) is 10.6. The van der Waals surface area contributed by atoms with E-state index in [-0.39, 0.29) is 17.7 Å². The van der Waals surface area contributed by atoms with Gasteiger partial charge in [-0.15, -0.1) is 11.6 Å². The first-order valence-electron chi connectivity index (χ1n) is 10.9. The van der Waals surface area contributed by atoms with E-state index in [1.807, 2.05) is 18.2 Å². The highest BCUT2D eigenvalue weighted by atomic mass is 35.5. The van der Waals surface area contributed by atoms with Gasteiger partial charge in [-0.2, -0.15) is 0 Å². The van der Waals surface area contributed by atoms with E-state index in [1.165, 1.54) is 0 Å². The fourth-order valence-electron chi connectivity index (χ4n) is 3.20. The second-order valence-electron chi connectivity index (χ2n) is 7.22. The van der Waals surface area contributed by atoms with E-state index in [1.54, 1.807) is 44.2 Å². The van der Waals surface area contributed by atoms with Crippen LogP contribution in [0.1, 0.15) is 41.2 Å². The number of carbonyl (C=O) groups excluding carboxylic acids is 2. The average Bonchev–Trinajstić information content (AvgIpc) is 3.44. The fourth-order valence-corrected chi connectivity index (χ4v) is 3.31. The second-order valence-corrected chi connectivity index (χ2v) is 7.60. The Hall–Kier alpha value is -3.65. The summed E-state index contributed by atoms with van der Waals surface area (Å²) in [5, 5.41) is 11.0. The van der Waals surface area contributed by atoms with Gasteiger partial charge in [0, 0.05) is 27.7 Å². The Bertz CT molecular complexity index is 1260. The number of phenols is 1. The number of phenolic OH excluding ortho intramolecular Hbond substituents is 1. The van der Waals surface area contributed by atoms with Crippen molar-refractivity contribution in [1.29, 1.82) is 0 Å². The Labute approximate surface area is 201 Å². The monoisotopic (exact) mass is 486 g/mol. The molecule has 8 nitrogen and oxygen atoms in total. The van der Waals surface area contributed by atoms with E-state index >= 15 is 0 Å². The molecule has 2 aromatic heterocycles. The summed E-state index contributed by atoms with van der Waals surface area (Å²) in [6.07, 6.45) is 0.806. The summed E-state index contributed by atoms with van der Waals surface area (Å²) < 4.78 is 15.4. The van der Waals surface area contributed by atoms with E-state index in [0.29, 0.717) is 37.1 Å². The third-order valence-electron chi connectivity index (χ3n) is 4.73. The number of nitrogens with one attached hydrogen (secondary N) is 2. The molecule has 0 unspecified atom stereocenters. The lowest BCUT2D eigenvalue weighted by Crippen LogP contribution is -2.04. The van der Waals surface area contributed by atoms with Crippen LogP contribution in [0.5, 0.6) is 11.5 Å². The van der Waals surface area contributed by atoms with Crippen LogP contribution in [0.2, 0.25) is 0 Å². The smallest absolute Gasteiger partial charge is 0.354 e. The molecule has 0 fully saturated rings. The molecule has 180 valence electrons. The minimum Gasteiger partial charge on any atom is -0.508 e. The molecule has 0 aliphatic heterocycles. The Morgan fingerprint density at radius 3 is 1.97 bits per heavy atom. The molecule has 0 radical (unpaired) electrons. The molecule has 4 aromatic rings. The molecule has 34 heavy (non-hydrogen) atoms. The summed E-state index contributed by atoms with van der Waals surface area (Å²) in [4.78, 5) is 28.9. The molecule has 0 spiro atoms. The molecule has 0 aliphatic rings. The molecule has 9 heteroatoms. The van der Waals surface area contributed by atoms with Crippen LogP contribution in [0, 0.1) is 0 Å². The highest BCUT2D eigenvalue weighted by Gasteiger charge is 2.11. The number of hydrogen-bond donors (Lipinski definition) is 3. The molecule has 0 aliphatic carbocycles. The first-order chi connectivity index (χ1) is 16.4. The van der Waals surface area contributed by atoms with E-state index in [0.717, 1.165) is 34.0 Å². The van der Waals surface area contributed by atoms with Gasteiger partial charge >= 0.3 is 11.9 Å². The lowest BCUT2D eigenvalue weighted by Gasteiger charge is -2.04. The van der Waals surface area contributed by atoms with Crippen molar-refractivity contribution in [2.24, 2.45) is 0 Å². The fraction of sp³-hybridized carbons (Fsp3) is 0.280. The number of halogens is 1. The zero-order valence-corrected chi connectivity index (χ0v) is 19.8. The van der Waals surface area contributed by atoms with Crippen LogP contribution in [0.15, 0.2) is 48.5 Å². The van der Waals surface area contributed by atoms with Crippen molar-refractivity contribution in [3.8, 4) is 11.5 Å². The van der Waals surface area contributed by atoms with Crippen LogP contribution in [-0.2, 0) is 9.47 Å². The third-order valence-corrected chi connectivity index (χ3v) is 5.00. The number of aromatic nitrogens is 2. The van der Waals surface area contributed by atoms with Crippen molar-refractivity contribution in [3.63, 3.8) is 0 Å². The maximum absolute atomic E-state index is 11.6. The number of fused-ring (bicyclic) bond motifs is 2. The summed E-state index contributed by atoms with van der Waals surface area (Å²) in [6.45, 7) is 4.83. The number of esters is 2. The average molecular weight is 487 g/mol. The molecule has 0 saturated carbocycles. The van der Waals surface area contributed by atoms with Gasteiger partial charge in [0.25, 0.3) is 0 Å². The van der Waals surface area contributed by atoms with Crippen LogP contribution in [0.4, 0.5) is 0 Å². The molecule has 4 rings (SSSR count). The minimum atomic E-state index is -0.381. The van der Waals surface area contributed by atoms with Crippen LogP contribution in [0.3, 0.4) is 0 Å². The van der Waals surface area contributed by atoms with Crippen LogP contribution >= 0.6 is 11.6 Å². The summed E-state index contributed by atoms with van der Waals surface area (Å²) in [5.41, 5.74) is 2.54. The van der Waals surface area contributed by atoms with E-state index < -0.39 is 0 Å². The zero-order valence-electron chi connectivity index (χ0n) is 19.0. The van der Waals surface area contributed by atoms with Gasteiger partial charge in [0.05, 0.1) is 19.8 Å². The van der Waals surface area contributed by atoms with E-state index in [2.05, 4.69) is 9.97 Å². The number of benzene rings is 2. The topological polar surface area (TPSA) is 114 Å². The summed E-state index contributed by atoms with van der Waals surface area (Å²) in [5.74, 6) is 0.805. The van der Waals surface area contributed by atoms with Crippen molar-refractivity contribution >= 4 is 45.3 Å². The summed E-state index contributed by atoms with van der Waals surface area (Å²) >= 11 is 5.59. The third kappa shape index (κ3) is 6.45. The highest BCUT2D eigenvalue weighted by Crippen LogP contribution is 2.23. The molecule has 0 amide bonds.